The number of hydrogen-bond acceptors (Lipinski definition) is 2. The topological polar surface area (TPSA) is 37.3 Å². The van der Waals surface area contributed by atoms with Crippen LogP contribution in [0.3, 0.4) is 0 Å². The maximum Gasteiger partial charge on any atom is 0.186 e. The lowest BCUT2D eigenvalue weighted by atomic mass is 9.84. The lowest BCUT2D eigenvalue weighted by Gasteiger charge is -2.21. The molecule has 14 heavy (non-hydrogen) atoms. The molecule has 1 rings (SSSR count). The summed E-state index contributed by atoms with van der Waals surface area (Å²) in [6.07, 6.45) is 3.75. The molecule has 0 saturated heterocycles. The van der Waals surface area contributed by atoms with Crippen LogP contribution >= 0.6 is 0 Å². The van der Waals surface area contributed by atoms with Crippen molar-refractivity contribution < 1.29 is 9.90 Å². The van der Waals surface area contributed by atoms with E-state index < -0.39 is 6.10 Å². The second-order valence-electron chi connectivity index (χ2n) is 4.09. The highest BCUT2D eigenvalue weighted by Gasteiger charge is 2.21. The molecule has 1 N–H and O–H groups in total. The fourth-order valence-electron chi connectivity index (χ4n) is 1.77. The van der Waals surface area contributed by atoms with Crippen LogP contribution < -0.4 is 0 Å². The van der Waals surface area contributed by atoms with Crippen molar-refractivity contribution in [3.63, 3.8) is 0 Å². The van der Waals surface area contributed by atoms with Crippen LogP contribution in [0.2, 0.25) is 0 Å². The Morgan fingerprint density at radius 2 is 2.36 bits per heavy atom. The van der Waals surface area contributed by atoms with E-state index in [0.717, 1.165) is 24.8 Å². The van der Waals surface area contributed by atoms with Gasteiger partial charge in [0.2, 0.25) is 0 Å². The fraction of sp³-hybridized carbons (Fsp3) is 0.583. The molecule has 0 aromatic rings. The standard InChI is InChI=1S/C12H18O2/c1-8(2)10-4-6-11(7-5-10)12(14)9(3)13/h6,9-10,13H,1,4-5,7H2,2-3H3/t9-,10-/m1/s1. The summed E-state index contributed by atoms with van der Waals surface area (Å²) in [5.41, 5.74) is 1.97. The predicted molar refractivity (Wildman–Crippen MR) is 56.9 cm³/mol. The Hall–Kier alpha value is -0.890. The van der Waals surface area contributed by atoms with Crippen LogP contribution in [0.25, 0.3) is 0 Å². The predicted octanol–water partition coefficient (Wildman–Crippen LogP) is 2.24. The van der Waals surface area contributed by atoms with E-state index in [2.05, 4.69) is 6.58 Å². The van der Waals surface area contributed by atoms with Crippen LogP contribution in [-0.2, 0) is 4.79 Å². The van der Waals surface area contributed by atoms with Crippen molar-refractivity contribution in [2.45, 2.75) is 39.2 Å². The van der Waals surface area contributed by atoms with Crippen molar-refractivity contribution in [1.29, 1.82) is 0 Å². The third-order valence-corrected chi connectivity index (χ3v) is 2.80. The first-order valence-corrected chi connectivity index (χ1v) is 5.09. The number of carbonyl (C=O) groups excluding carboxylic acids is 1. The van der Waals surface area contributed by atoms with Gasteiger partial charge in [0.1, 0.15) is 6.10 Å². The lowest BCUT2D eigenvalue weighted by molar-refractivity contribution is -0.122. The summed E-state index contributed by atoms with van der Waals surface area (Å²) in [4.78, 5) is 11.4. The Labute approximate surface area is 85.3 Å². The Balaban J connectivity index is 2.61. The van der Waals surface area contributed by atoms with Gasteiger partial charge < -0.3 is 5.11 Å². The zero-order chi connectivity index (χ0) is 10.7. The first-order valence-electron chi connectivity index (χ1n) is 5.09. The van der Waals surface area contributed by atoms with Gasteiger partial charge in [-0.3, -0.25) is 4.79 Å². The highest BCUT2D eigenvalue weighted by Crippen LogP contribution is 2.28. The molecule has 0 fully saturated rings. The number of allylic oxidation sites excluding steroid dienone is 2. The van der Waals surface area contributed by atoms with Crippen molar-refractivity contribution in [2.75, 3.05) is 0 Å². The van der Waals surface area contributed by atoms with E-state index in [1.54, 1.807) is 0 Å². The van der Waals surface area contributed by atoms with Crippen LogP contribution in [0.5, 0.6) is 0 Å². The largest absolute Gasteiger partial charge is 0.385 e. The quantitative estimate of drug-likeness (QED) is 0.699. The molecule has 0 amide bonds. The van der Waals surface area contributed by atoms with Gasteiger partial charge in [-0.1, -0.05) is 18.2 Å². The van der Waals surface area contributed by atoms with E-state index in [-0.39, 0.29) is 5.78 Å². The summed E-state index contributed by atoms with van der Waals surface area (Å²) in [5.74, 6) is 0.394. The highest BCUT2D eigenvalue weighted by molar-refractivity contribution is 5.98. The second-order valence-corrected chi connectivity index (χ2v) is 4.09. The molecule has 0 spiro atoms. The second kappa shape index (κ2) is 4.56. The van der Waals surface area contributed by atoms with Crippen molar-refractivity contribution in [3.05, 3.63) is 23.8 Å². The van der Waals surface area contributed by atoms with E-state index >= 15 is 0 Å². The number of Topliss-reactive ketones (excluding diaryl/α,β-unsaturated/α-hetero) is 1. The molecule has 0 radical (unpaired) electrons. The summed E-state index contributed by atoms with van der Waals surface area (Å²) >= 11 is 0. The maximum absolute atomic E-state index is 11.4. The molecular weight excluding hydrogens is 176 g/mol. The Kier molecular flexibility index (Phi) is 3.64. The van der Waals surface area contributed by atoms with Crippen molar-refractivity contribution >= 4 is 5.78 Å². The Morgan fingerprint density at radius 3 is 2.71 bits per heavy atom. The number of rotatable bonds is 3. The third kappa shape index (κ3) is 2.55. The average molecular weight is 194 g/mol. The van der Waals surface area contributed by atoms with Crippen molar-refractivity contribution in [2.24, 2.45) is 5.92 Å². The van der Waals surface area contributed by atoms with Crippen molar-refractivity contribution in [1.82, 2.24) is 0 Å². The van der Waals surface area contributed by atoms with E-state index in [1.807, 2.05) is 13.0 Å². The van der Waals surface area contributed by atoms with Gasteiger partial charge in [-0.25, -0.2) is 0 Å². The molecule has 2 nitrogen and oxygen atoms in total. The zero-order valence-corrected chi connectivity index (χ0v) is 8.92. The number of aliphatic hydroxyl groups is 1. The summed E-state index contributed by atoms with van der Waals surface area (Å²) in [7, 11) is 0. The van der Waals surface area contributed by atoms with Gasteiger partial charge in [0.25, 0.3) is 0 Å². The molecule has 0 unspecified atom stereocenters. The van der Waals surface area contributed by atoms with Gasteiger partial charge in [-0.15, -0.1) is 0 Å². The van der Waals surface area contributed by atoms with Crippen LogP contribution in [0.4, 0.5) is 0 Å². The van der Waals surface area contributed by atoms with E-state index in [0.29, 0.717) is 5.92 Å². The minimum Gasteiger partial charge on any atom is -0.385 e. The molecule has 78 valence electrons. The van der Waals surface area contributed by atoms with E-state index in [1.165, 1.54) is 12.5 Å². The number of carbonyl (C=O) groups is 1. The molecule has 1 aliphatic rings. The summed E-state index contributed by atoms with van der Waals surface area (Å²) < 4.78 is 0. The molecule has 2 atom stereocenters. The first kappa shape index (κ1) is 11.2. The highest BCUT2D eigenvalue weighted by atomic mass is 16.3. The Bertz CT molecular complexity index is 274. The first-order chi connectivity index (χ1) is 6.52. The molecule has 0 aromatic heterocycles. The van der Waals surface area contributed by atoms with Gasteiger partial charge >= 0.3 is 0 Å². The van der Waals surface area contributed by atoms with Gasteiger partial charge in [0.05, 0.1) is 0 Å². The van der Waals surface area contributed by atoms with Crippen LogP contribution in [0.15, 0.2) is 23.8 Å². The van der Waals surface area contributed by atoms with Gasteiger partial charge in [0.15, 0.2) is 5.78 Å². The monoisotopic (exact) mass is 194 g/mol. The number of hydrogen-bond donors (Lipinski definition) is 1. The molecule has 1 aliphatic carbocycles. The van der Waals surface area contributed by atoms with Crippen LogP contribution in [0.1, 0.15) is 33.1 Å². The van der Waals surface area contributed by atoms with Gasteiger partial charge in [0, 0.05) is 0 Å². The maximum atomic E-state index is 11.4. The number of ketones is 1. The summed E-state index contributed by atoms with van der Waals surface area (Å²) in [6, 6.07) is 0. The fourth-order valence-corrected chi connectivity index (χ4v) is 1.77. The SMILES string of the molecule is C=C(C)[C@@H]1CC=C(C(=O)[C@@H](C)O)CC1. The minimum atomic E-state index is -0.859. The van der Waals surface area contributed by atoms with Gasteiger partial charge in [-0.05, 0) is 44.6 Å². The zero-order valence-electron chi connectivity index (χ0n) is 8.92. The summed E-state index contributed by atoms with van der Waals surface area (Å²) in [5, 5.41) is 9.14. The average Bonchev–Trinajstić information content (AvgIpc) is 2.16. The van der Waals surface area contributed by atoms with Crippen molar-refractivity contribution in [3.8, 4) is 0 Å². The molecule has 0 bridgehead atoms. The van der Waals surface area contributed by atoms with Crippen LogP contribution in [-0.4, -0.2) is 17.0 Å². The molecule has 0 heterocycles. The normalized spacial score (nSPS) is 23.9. The summed E-state index contributed by atoms with van der Waals surface area (Å²) in [6.45, 7) is 7.47. The lowest BCUT2D eigenvalue weighted by Crippen LogP contribution is -2.21. The van der Waals surface area contributed by atoms with Gasteiger partial charge in [-0.2, -0.15) is 0 Å². The third-order valence-electron chi connectivity index (χ3n) is 2.80. The van der Waals surface area contributed by atoms with E-state index in [4.69, 9.17) is 5.11 Å². The molecule has 0 aromatic carbocycles. The molecule has 0 aliphatic heterocycles. The van der Waals surface area contributed by atoms with Crippen LogP contribution in [0, 0.1) is 5.92 Å². The molecule has 2 heteroatoms. The molecule has 0 saturated carbocycles. The smallest absolute Gasteiger partial charge is 0.186 e. The Morgan fingerprint density at radius 1 is 1.71 bits per heavy atom. The molecular formula is C12H18O2. The number of aliphatic hydroxyl groups excluding tert-OH is 1. The minimum absolute atomic E-state index is 0.120. The van der Waals surface area contributed by atoms with E-state index in [9.17, 15) is 4.79 Å².